The third-order valence-electron chi connectivity index (χ3n) is 6.41. The zero-order chi connectivity index (χ0) is 28.6. The summed E-state index contributed by atoms with van der Waals surface area (Å²) in [5.41, 5.74) is 0.917. The van der Waals surface area contributed by atoms with Gasteiger partial charge in [0.05, 0.1) is 22.7 Å². The molecule has 0 heterocycles. The number of ether oxygens (including phenoxy) is 1. The zero-order valence-corrected chi connectivity index (χ0v) is 24.1. The van der Waals surface area contributed by atoms with Crippen molar-refractivity contribution >= 4 is 39.1 Å². The fraction of sp³-hybridized carbons (Fsp3) is 0.310. The van der Waals surface area contributed by atoms with E-state index < -0.39 is 28.5 Å². The minimum absolute atomic E-state index is 0.0157. The van der Waals surface area contributed by atoms with Gasteiger partial charge in [0.2, 0.25) is 11.8 Å². The standard InChI is InChI=1S/C29H34ClN3O5S/c1-5-21(2)31-29(35)22(3)32(19-23-15-17-24(38-4)18-16-23)28(34)20-33(27-14-10-9-13-26(27)30)39(36,37)25-11-7-6-8-12-25/h6-18,21-22H,5,19-20H2,1-4H3,(H,31,35). The molecule has 0 bridgehead atoms. The van der Waals surface area contributed by atoms with Crippen LogP contribution in [0.5, 0.6) is 5.75 Å². The van der Waals surface area contributed by atoms with Gasteiger partial charge < -0.3 is 15.0 Å². The Morgan fingerprint density at radius 2 is 1.56 bits per heavy atom. The van der Waals surface area contributed by atoms with Crippen molar-refractivity contribution in [2.24, 2.45) is 0 Å². The van der Waals surface area contributed by atoms with E-state index in [1.54, 1.807) is 80.8 Å². The second-order valence-electron chi connectivity index (χ2n) is 9.14. The third kappa shape index (κ3) is 7.52. The van der Waals surface area contributed by atoms with Gasteiger partial charge in [0.1, 0.15) is 18.3 Å². The van der Waals surface area contributed by atoms with E-state index in [-0.39, 0.29) is 34.1 Å². The Balaban J connectivity index is 2.02. The van der Waals surface area contributed by atoms with E-state index in [1.807, 2.05) is 13.8 Å². The summed E-state index contributed by atoms with van der Waals surface area (Å²) >= 11 is 6.41. The summed E-state index contributed by atoms with van der Waals surface area (Å²) < 4.78 is 33.7. The average Bonchev–Trinajstić information content (AvgIpc) is 2.95. The molecule has 0 saturated heterocycles. The van der Waals surface area contributed by atoms with E-state index in [9.17, 15) is 18.0 Å². The topological polar surface area (TPSA) is 96.0 Å². The summed E-state index contributed by atoms with van der Waals surface area (Å²) in [5.74, 6) is -0.239. The molecule has 2 amide bonds. The highest BCUT2D eigenvalue weighted by molar-refractivity contribution is 7.92. The minimum atomic E-state index is -4.17. The Hall–Kier alpha value is -3.56. The summed E-state index contributed by atoms with van der Waals surface area (Å²) in [6.07, 6.45) is 0.723. The lowest BCUT2D eigenvalue weighted by Crippen LogP contribution is -2.52. The number of hydrogen-bond acceptors (Lipinski definition) is 5. The van der Waals surface area contributed by atoms with Crippen LogP contribution in [0, 0.1) is 0 Å². The van der Waals surface area contributed by atoms with Crippen molar-refractivity contribution in [2.75, 3.05) is 18.0 Å². The molecule has 208 valence electrons. The highest BCUT2D eigenvalue weighted by Gasteiger charge is 2.33. The number of carbonyl (C=O) groups is 2. The monoisotopic (exact) mass is 571 g/mol. The first-order chi connectivity index (χ1) is 18.6. The first-order valence-electron chi connectivity index (χ1n) is 12.6. The van der Waals surface area contributed by atoms with Crippen LogP contribution < -0.4 is 14.4 Å². The summed E-state index contributed by atoms with van der Waals surface area (Å²) in [7, 11) is -2.61. The fourth-order valence-corrected chi connectivity index (χ4v) is 5.60. The van der Waals surface area contributed by atoms with Crippen LogP contribution in [-0.2, 0) is 26.2 Å². The van der Waals surface area contributed by atoms with Crippen LogP contribution in [0.2, 0.25) is 5.02 Å². The zero-order valence-electron chi connectivity index (χ0n) is 22.5. The number of anilines is 1. The molecule has 0 aliphatic heterocycles. The van der Waals surface area contributed by atoms with Crippen molar-refractivity contribution in [3.05, 3.63) is 89.4 Å². The van der Waals surface area contributed by atoms with E-state index in [1.165, 1.54) is 17.0 Å². The minimum Gasteiger partial charge on any atom is -0.497 e. The van der Waals surface area contributed by atoms with Gasteiger partial charge >= 0.3 is 0 Å². The smallest absolute Gasteiger partial charge is 0.264 e. The second kappa shape index (κ2) is 13.5. The number of sulfonamides is 1. The summed E-state index contributed by atoms with van der Waals surface area (Å²) in [6.45, 7) is 4.99. The van der Waals surface area contributed by atoms with Crippen LogP contribution in [0.4, 0.5) is 5.69 Å². The molecule has 3 aromatic carbocycles. The fourth-order valence-electron chi connectivity index (χ4n) is 3.86. The number of nitrogens with zero attached hydrogens (tertiary/aromatic N) is 2. The normalized spacial score (nSPS) is 12.7. The van der Waals surface area contributed by atoms with E-state index in [2.05, 4.69) is 5.32 Å². The van der Waals surface area contributed by atoms with E-state index in [0.29, 0.717) is 5.75 Å². The van der Waals surface area contributed by atoms with Crippen LogP contribution in [0.25, 0.3) is 0 Å². The highest BCUT2D eigenvalue weighted by atomic mass is 35.5. The molecule has 0 aromatic heterocycles. The van der Waals surface area contributed by atoms with Crippen LogP contribution >= 0.6 is 11.6 Å². The molecule has 0 aliphatic carbocycles. The molecule has 10 heteroatoms. The SMILES string of the molecule is CCC(C)NC(=O)C(C)N(Cc1ccc(OC)cc1)C(=O)CN(c1ccccc1Cl)S(=O)(=O)c1ccccc1. The number of hydrogen-bond donors (Lipinski definition) is 1. The van der Waals surface area contributed by atoms with Crippen molar-refractivity contribution in [2.45, 2.75) is 50.7 Å². The average molecular weight is 572 g/mol. The van der Waals surface area contributed by atoms with Crippen LogP contribution in [0.15, 0.2) is 83.8 Å². The summed E-state index contributed by atoms with van der Waals surface area (Å²) in [4.78, 5) is 28.4. The molecule has 8 nitrogen and oxygen atoms in total. The summed E-state index contributed by atoms with van der Waals surface area (Å²) in [5, 5.41) is 3.09. The maximum Gasteiger partial charge on any atom is 0.264 e. The predicted octanol–water partition coefficient (Wildman–Crippen LogP) is 4.88. The second-order valence-corrected chi connectivity index (χ2v) is 11.4. The Morgan fingerprint density at radius 3 is 2.15 bits per heavy atom. The number of benzene rings is 3. The molecular weight excluding hydrogens is 538 g/mol. The predicted molar refractivity (Wildman–Crippen MR) is 153 cm³/mol. The van der Waals surface area contributed by atoms with E-state index in [0.717, 1.165) is 16.3 Å². The van der Waals surface area contributed by atoms with Crippen LogP contribution in [0.1, 0.15) is 32.8 Å². The molecule has 2 unspecified atom stereocenters. The third-order valence-corrected chi connectivity index (χ3v) is 8.51. The lowest BCUT2D eigenvalue weighted by atomic mass is 10.1. The Bertz CT molecular complexity index is 1370. The van der Waals surface area contributed by atoms with Gasteiger partial charge in [0.25, 0.3) is 10.0 Å². The maximum absolute atomic E-state index is 13.9. The number of methoxy groups -OCH3 is 1. The number of para-hydroxylation sites is 1. The highest BCUT2D eigenvalue weighted by Crippen LogP contribution is 2.30. The van der Waals surface area contributed by atoms with Crippen molar-refractivity contribution in [1.82, 2.24) is 10.2 Å². The quantitative estimate of drug-likeness (QED) is 0.334. The summed E-state index contributed by atoms with van der Waals surface area (Å²) in [6, 6.07) is 20.4. The Labute approximate surface area is 235 Å². The van der Waals surface area contributed by atoms with Gasteiger partial charge in [-0.15, -0.1) is 0 Å². The number of amides is 2. The van der Waals surface area contributed by atoms with Gasteiger partial charge in [-0.1, -0.05) is 61.0 Å². The number of rotatable bonds is 12. The molecule has 0 spiro atoms. The van der Waals surface area contributed by atoms with Gasteiger partial charge in [-0.2, -0.15) is 0 Å². The number of halogens is 1. The lowest BCUT2D eigenvalue weighted by molar-refractivity contribution is -0.139. The molecular formula is C29H34ClN3O5S. The van der Waals surface area contributed by atoms with Crippen molar-refractivity contribution in [3.63, 3.8) is 0 Å². The first-order valence-corrected chi connectivity index (χ1v) is 14.4. The molecule has 2 atom stereocenters. The van der Waals surface area contributed by atoms with Gasteiger partial charge in [0.15, 0.2) is 0 Å². The molecule has 1 N–H and O–H groups in total. The first kappa shape index (κ1) is 30.0. The molecule has 0 aliphatic rings. The van der Waals surface area contributed by atoms with Gasteiger partial charge in [-0.25, -0.2) is 8.42 Å². The molecule has 3 rings (SSSR count). The van der Waals surface area contributed by atoms with Crippen molar-refractivity contribution in [3.8, 4) is 5.75 Å². The number of nitrogens with one attached hydrogen (secondary N) is 1. The van der Waals surface area contributed by atoms with Crippen molar-refractivity contribution < 1.29 is 22.7 Å². The molecule has 39 heavy (non-hydrogen) atoms. The molecule has 0 fully saturated rings. The van der Waals surface area contributed by atoms with E-state index in [4.69, 9.17) is 16.3 Å². The van der Waals surface area contributed by atoms with E-state index >= 15 is 0 Å². The van der Waals surface area contributed by atoms with Crippen molar-refractivity contribution in [1.29, 1.82) is 0 Å². The Morgan fingerprint density at radius 1 is 0.949 bits per heavy atom. The van der Waals surface area contributed by atoms with Gasteiger partial charge in [-0.05, 0) is 62.2 Å². The largest absolute Gasteiger partial charge is 0.497 e. The van der Waals surface area contributed by atoms with Crippen LogP contribution in [0.3, 0.4) is 0 Å². The van der Waals surface area contributed by atoms with Gasteiger partial charge in [-0.3, -0.25) is 13.9 Å². The molecule has 0 saturated carbocycles. The maximum atomic E-state index is 13.9. The number of carbonyl (C=O) groups excluding carboxylic acids is 2. The molecule has 0 radical (unpaired) electrons. The van der Waals surface area contributed by atoms with Gasteiger partial charge in [0, 0.05) is 12.6 Å². The molecule has 3 aromatic rings. The lowest BCUT2D eigenvalue weighted by Gasteiger charge is -2.32. The van der Waals surface area contributed by atoms with Crippen LogP contribution in [-0.4, -0.2) is 50.9 Å². The Kier molecular flexibility index (Phi) is 10.4.